The molecule has 0 unspecified atom stereocenters. The van der Waals surface area contributed by atoms with Crippen molar-refractivity contribution in [2.45, 2.75) is 19.0 Å². The zero-order valence-electron chi connectivity index (χ0n) is 18.2. The quantitative estimate of drug-likeness (QED) is 0.297. The number of halogens is 4. The van der Waals surface area contributed by atoms with Crippen LogP contribution in [0, 0.1) is 16.6 Å². The van der Waals surface area contributed by atoms with Crippen LogP contribution in [0.3, 0.4) is 0 Å². The Morgan fingerprint density at radius 3 is 2.51 bits per heavy atom. The number of carbonyl (C=O) groups excluding carboxylic acids is 1. The SMILES string of the molecule is N=C1CN(C(=O)c2cc(Cc3n[nH]c(=O)c4ccccc34)ccc2F)CCN1C(=N)CC(F)(F)F. The van der Waals surface area contributed by atoms with Crippen LogP contribution in [0.25, 0.3) is 10.8 Å². The van der Waals surface area contributed by atoms with Crippen molar-refractivity contribution in [3.63, 3.8) is 0 Å². The first-order chi connectivity index (χ1) is 16.5. The normalized spacial score (nSPS) is 14.5. The Labute approximate surface area is 196 Å². The highest BCUT2D eigenvalue weighted by Gasteiger charge is 2.35. The largest absolute Gasteiger partial charge is 0.396 e. The second-order valence-corrected chi connectivity index (χ2v) is 8.10. The summed E-state index contributed by atoms with van der Waals surface area (Å²) in [6, 6.07) is 10.9. The zero-order chi connectivity index (χ0) is 25.3. The van der Waals surface area contributed by atoms with E-state index in [1.54, 1.807) is 24.3 Å². The van der Waals surface area contributed by atoms with Crippen molar-refractivity contribution in [1.29, 1.82) is 10.8 Å². The summed E-state index contributed by atoms with van der Waals surface area (Å²) in [5, 5.41) is 23.2. The van der Waals surface area contributed by atoms with Crippen molar-refractivity contribution in [1.82, 2.24) is 20.0 Å². The van der Waals surface area contributed by atoms with Crippen molar-refractivity contribution < 1.29 is 22.4 Å². The predicted molar refractivity (Wildman–Crippen MR) is 120 cm³/mol. The topological polar surface area (TPSA) is 117 Å². The number of carbonyl (C=O) groups is 1. The second kappa shape index (κ2) is 9.28. The average molecular weight is 488 g/mol. The van der Waals surface area contributed by atoms with Crippen LogP contribution in [0.1, 0.15) is 28.0 Å². The standard InChI is InChI=1S/C23H20F4N6O2/c24-17-6-5-13(10-18-14-3-1-2-4-15(14)21(34)31-30-18)9-16(17)22(35)32-7-8-33(20(29)12-32)19(28)11-23(25,26)27/h1-6,9,28-29H,7-8,10-12H2,(H,31,34). The Morgan fingerprint density at radius 2 is 1.83 bits per heavy atom. The van der Waals surface area contributed by atoms with E-state index < -0.39 is 30.2 Å². The fraction of sp³-hybridized carbons (Fsp3) is 0.261. The fourth-order valence-corrected chi connectivity index (χ4v) is 3.97. The molecule has 2 heterocycles. The fourth-order valence-electron chi connectivity index (χ4n) is 3.97. The Bertz CT molecular complexity index is 1380. The van der Waals surface area contributed by atoms with Crippen LogP contribution in [-0.4, -0.2) is 63.4 Å². The number of amidine groups is 2. The van der Waals surface area contributed by atoms with Gasteiger partial charge in [0.1, 0.15) is 23.9 Å². The lowest BCUT2D eigenvalue weighted by Gasteiger charge is -2.36. The Hall–Kier alpha value is -4.09. The van der Waals surface area contributed by atoms with Crippen LogP contribution >= 0.6 is 0 Å². The van der Waals surface area contributed by atoms with Crippen LogP contribution in [0.4, 0.5) is 17.6 Å². The smallest absolute Gasteiger partial charge is 0.329 e. The molecule has 0 radical (unpaired) electrons. The maximum atomic E-state index is 14.6. The molecule has 1 aromatic heterocycles. The third-order valence-corrected chi connectivity index (χ3v) is 5.65. The summed E-state index contributed by atoms with van der Waals surface area (Å²) in [6.07, 6.45) is -5.86. The molecule has 1 aliphatic heterocycles. The number of benzene rings is 2. The van der Waals surface area contributed by atoms with Gasteiger partial charge in [-0.1, -0.05) is 24.3 Å². The molecule has 2 aromatic carbocycles. The van der Waals surface area contributed by atoms with Gasteiger partial charge in [-0.2, -0.15) is 18.3 Å². The molecule has 12 heteroatoms. The molecular formula is C23H20F4N6O2. The van der Waals surface area contributed by atoms with Gasteiger partial charge in [-0.15, -0.1) is 0 Å². The minimum Gasteiger partial charge on any atom is -0.329 e. The molecule has 0 aliphatic carbocycles. The Kier molecular flexibility index (Phi) is 6.37. The van der Waals surface area contributed by atoms with Crippen molar-refractivity contribution in [2.24, 2.45) is 0 Å². The minimum absolute atomic E-state index is 0.0722. The highest BCUT2D eigenvalue weighted by molar-refractivity contribution is 6.03. The molecule has 35 heavy (non-hydrogen) atoms. The molecule has 0 spiro atoms. The Morgan fingerprint density at radius 1 is 1.11 bits per heavy atom. The number of nitrogens with one attached hydrogen (secondary N) is 3. The minimum atomic E-state index is -4.58. The summed E-state index contributed by atoms with van der Waals surface area (Å²) in [6.45, 7) is -0.597. The van der Waals surface area contributed by atoms with Gasteiger partial charge in [0.25, 0.3) is 11.5 Å². The lowest BCUT2D eigenvalue weighted by molar-refractivity contribution is -0.122. The van der Waals surface area contributed by atoms with E-state index in [2.05, 4.69) is 10.2 Å². The number of fused-ring (bicyclic) bond motifs is 1. The summed E-state index contributed by atoms with van der Waals surface area (Å²) >= 11 is 0. The van der Waals surface area contributed by atoms with Crippen LogP contribution < -0.4 is 5.56 Å². The molecule has 1 aliphatic rings. The number of alkyl halides is 3. The number of nitrogens with zero attached hydrogens (tertiary/aromatic N) is 3. The molecule has 0 bridgehead atoms. The lowest BCUT2D eigenvalue weighted by atomic mass is 10.0. The van der Waals surface area contributed by atoms with Gasteiger partial charge in [-0.3, -0.25) is 20.4 Å². The van der Waals surface area contributed by atoms with E-state index in [1.807, 2.05) is 0 Å². The molecule has 182 valence electrons. The van der Waals surface area contributed by atoms with Gasteiger partial charge < -0.3 is 9.80 Å². The van der Waals surface area contributed by atoms with Crippen molar-refractivity contribution in [3.8, 4) is 0 Å². The highest BCUT2D eigenvalue weighted by Crippen LogP contribution is 2.23. The van der Waals surface area contributed by atoms with Gasteiger partial charge in [0, 0.05) is 24.9 Å². The molecular weight excluding hydrogens is 468 g/mol. The van der Waals surface area contributed by atoms with E-state index in [0.29, 0.717) is 22.0 Å². The van der Waals surface area contributed by atoms with Crippen molar-refractivity contribution >= 4 is 28.4 Å². The third kappa shape index (κ3) is 5.20. The number of H-pyrrole nitrogens is 1. The van der Waals surface area contributed by atoms with Gasteiger partial charge >= 0.3 is 6.18 Å². The number of aromatic nitrogens is 2. The predicted octanol–water partition coefficient (Wildman–Crippen LogP) is 3.32. The maximum absolute atomic E-state index is 14.6. The molecule has 0 saturated carbocycles. The van der Waals surface area contributed by atoms with Crippen molar-refractivity contribution in [2.75, 3.05) is 19.6 Å². The van der Waals surface area contributed by atoms with E-state index >= 15 is 0 Å². The van der Waals surface area contributed by atoms with Crippen LogP contribution in [0.15, 0.2) is 47.3 Å². The number of hydrogen-bond donors (Lipinski definition) is 3. The van der Waals surface area contributed by atoms with E-state index in [1.165, 1.54) is 12.1 Å². The molecule has 1 fully saturated rings. The summed E-state index contributed by atoms with van der Waals surface area (Å²) in [5.74, 6) is -2.62. The summed E-state index contributed by atoms with van der Waals surface area (Å²) in [4.78, 5) is 27.1. The van der Waals surface area contributed by atoms with E-state index in [0.717, 1.165) is 15.9 Å². The van der Waals surface area contributed by atoms with Crippen LogP contribution in [0.2, 0.25) is 0 Å². The Balaban J connectivity index is 1.52. The molecule has 1 saturated heterocycles. The molecule has 0 atom stereocenters. The number of piperazine rings is 1. The first kappa shape index (κ1) is 24.0. The molecule has 4 rings (SSSR count). The summed E-state index contributed by atoms with van der Waals surface area (Å²) < 4.78 is 52.4. The van der Waals surface area contributed by atoms with Gasteiger partial charge in [0.2, 0.25) is 0 Å². The second-order valence-electron chi connectivity index (χ2n) is 8.10. The van der Waals surface area contributed by atoms with Gasteiger partial charge in [0.05, 0.1) is 23.2 Å². The number of hydrogen-bond acceptors (Lipinski definition) is 5. The number of aromatic amines is 1. The lowest BCUT2D eigenvalue weighted by Crippen LogP contribution is -2.54. The number of amides is 1. The van der Waals surface area contributed by atoms with Gasteiger partial charge in [0.15, 0.2) is 0 Å². The molecule has 3 aromatic rings. The van der Waals surface area contributed by atoms with Crippen LogP contribution in [0.5, 0.6) is 0 Å². The first-order valence-corrected chi connectivity index (χ1v) is 10.6. The molecule has 8 nitrogen and oxygen atoms in total. The van der Waals surface area contributed by atoms with Crippen LogP contribution in [-0.2, 0) is 6.42 Å². The van der Waals surface area contributed by atoms with Gasteiger partial charge in [-0.05, 0) is 23.8 Å². The zero-order valence-corrected chi connectivity index (χ0v) is 18.2. The highest BCUT2D eigenvalue weighted by atomic mass is 19.4. The monoisotopic (exact) mass is 488 g/mol. The van der Waals surface area contributed by atoms with Crippen molar-refractivity contribution in [3.05, 3.63) is 75.5 Å². The average Bonchev–Trinajstić information content (AvgIpc) is 2.80. The first-order valence-electron chi connectivity index (χ1n) is 10.6. The maximum Gasteiger partial charge on any atom is 0.396 e. The molecule has 3 N–H and O–H groups in total. The molecule has 1 amide bonds. The van der Waals surface area contributed by atoms with E-state index in [9.17, 15) is 27.2 Å². The van der Waals surface area contributed by atoms with E-state index in [4.69, 9.17) is 10.8 Å². The van der Waals surface area contributed by atoms with Gasteiger partial charge in [-0.25, -0.2) is 9.49 Å². The number of rotatable bonds is 4. The summed E-state index contributed by atoms with van der Waals surface area (Å²) in [7, 11) is 0. The third-order valence-electron chi connectivity index (χ3n) is 5.65. The summed E-state index contributed by atoms with van der Waals surface area (Å²) in [5.41, 5.74) is 0.496. The van der Waals surface area contributed by atoms with E-state index in [-0.39, 0.29) is 43.0 Å².